The molecule has 0 unspecified atom stereocenters. The van der Waals surface area contributed by atoms with Crippen LogP contribution in [0.2, 0.25) is 0 Å². The first kappa shape index (κ1) is 14.5. The molecule has 0 bridgehead atoms. The Bertz CT molecular complexity index is 715. The van der Waals surface area contributed by atoms with E-state index in [2.05, 4.69) is 9.82 Å². The molecule has 0 radical (unpaired) electrons. The summed E-state index contributed by atoms with van der Waals surface area (Å²) in [4.78, 5) is 0.177. The maximum Gasteiger partial charge on any atom is 0.240 e. The van der Waals surface area contributed by atoms with E-state index in [0.29, 0.717) is 5.69 Å². The lowest BCUT2D eigenvalue weighted by Crippen LogP contribution is -2.23. The molecule has 2 aromatic rings. The number of nitrogen functional groups attached to an aromatic ring is 1. The van der Waals surface area contributed by atoms with Gasteiger partial charge in [-0.3, -0.25) is 4.68 Å². The molecule has 0 fully saturated rings. The number of benzene rings is 1. The Morgan fingerprint density at radius 3 is 2.55 bits per heavy atom. The van der Waals surface area contributed by atoms with Crippen molar-refractivity contribution in [1.29, 1.82) is 0 Å². The lowest BCUT2D eigenvalue weighted by atomic mass is 10.2. The van der Waals surface area contributed by atoms with Crippen LogP contribution in [-0.4, -0.2) is 18.2 Å². The van der Waals surface area contributed by atoms with E-state index in [9.17, 15) is 8.42 Å². The average Bonchev–Trinajstić information content (AvgIpc) is 2.66. The van der Waals surface area contributed by atoms with E-state index in [-0.39, 0.29) is 11.4 Å². The van der Waals surface area contributed by atoms with Gasteiger partial charge in [-0.25, -0.2) is 13.1 Å². The van der Waals surface area contributed by atoms with Gasteiger partial charge in [-0.15, -0.1) is 0 Å². The number of sulfonamides is 1. The van der Waals surface area contributed by atoms with Crippen molar-refractivity contribution in [1.82, 2.24) is 14.5 Å². The third kappa shape index (κ3) is 3.00. The summed E-state index contributed by atoms with van der Waals surface area (Å²) >= 11 is 0. The third-order valence-corrected chi connectivity index (χ3v) is 4.55. The van der Waals surface area contributed by atoms with Crippen molar-refractivity contribution in [2.45, 2.75) is 25.3 Å². The van der Waals surface area contributed by atoms with Crippen LogP contribution < -0.4 is 10.5 Å². The van der Waals surface area contributed by atoms with Crippen LogP contribution in [0, 0.1) is 13.8 Å². The Kier molecular flexibility index (Phi) is 3.82. The van der Waals surface area contributed by atoms with Crippen LogP contribution in [0.5, 0.6) is 0 Å². The Balaban J connectivity index is 2.21. The molecule has 0 aliphatic rings. The highest BCUT2D eigenvalue weighted by Gasteiger charge is 2.16. The first-order valence-electron chi connectivity index (χ1n) is 6.14. The number of hydrogen-bond donors (Lipinski definition) is 2. The summed E-state index contributed by atoms with van der Waals surface area (Å²) in [6.45, 7) is 3.90. The second kappa shape index (κ2) is 5.26. The number of nitrogens with one attached hydrogen (secondary N) is 1. The zero-order valence-corrected chi connectivity index (χ0v) is 12.5. The summed E-state index contributed by atoms with van der Waals surface area (Å²) < 4.78 is 28.7. The molecule has 1 aromatic carbocycles. The Morgan fingerprint density at radius 1 is 1.30 bits per heavy atom. The molecule has 1 aromatic heterocycles. The van der Waals surface area contributed by atoms with Crippen LogP contribution >= 0.6 is 0 Å². The Morgan fingerprint density at radius 2 is 2.00 bits per heavy atom. The SMILES string of the molecule is Cc1cc(N)cc(S(=O)(=O)NCc2cnn(C)c2C)c1. The van der Waals surface area contributed by atoms with Crippen LogP contribution in [0.25, 0.3) is 0 Å². The zero-order chi connectivity index (χ0) is 14.9. The number of nitrogens with two attached hydrogens (primary N) is 1. The highest BCUT2D eigenvalue weighted by Crippen LogP contribution is 2.16. The zero-order valence-electron chi connectivity index (χ0n) is 11.7. The minimum Gasteiger partial charge on any atom is -0.399 e. The van der Waals surface area contributed by atoms with Crippen molar-refractivity contribution in [3.63, 3.8) is 0 Å². The van der Waals surface area contributed by atoms with Gasteiger partial charge < -0.3 is 5.73 Å². The van der Waals surface area contributed by atoms with Crippen LogP contribution in [0.4, 0.5) is 5.69 Å². The minimum atomic E-state index is -3.58. The van der Waals surface area contributed by atoms with Crippen LogP contribution in [0.3, 0.4) is 0 Å². The summed E-state index contributed by atoms with van der Waals surface area (Å²) in [6, 6.07) is 4.77. The first-order chi connectivity index (χ1) is 9.29. The van der Waals surface area contributed by atoms with Crippen molar-refractivity contribution < 1.29 is 8.42 Å². The van der Waals surface area contributed by atoms with Crippen molar-refractivity contribution in [3.05, 3.63) is 41.2 Å². The monoisotopic (exact) mass is 294 g/mol. The van der Waals surface area contributed by atoms with E-state index in [4.69, 9.17) is 5.73 Å². The quantitative estimate of drug-likeness (QED) is 0.826. The maximum atomic E-state index is 12.2. The smallest absolute Gasteiger partial charge is 0.240 e. The third-order valence-electron chi connectivity index (χ3n) is 3.17. The lowest BCUT2D eigenvalue weighted by Gasteiger charge is -2.08. The van der Waals surface area contributed by atoms with Gasteiger partial charge in [0.05, 0.1) is 11.1 Å². The van der Waals surface area contributed by atoms with Gasteiger partial charge >= 0.3 is 0 Å². The predicted molar refractivity (Wildman–Crippen MR) is 77.6 cm³/mol. The molecule has 6 nitrogen and oxygen atoms in total. The average molecular weight is 294 g/mol. The fourth-order valence-corrected chi connectivity index (χ4v) is 3.05. The second-order valence-corrected chi connectivity index (χ2v) is 6.55. The van der Waals surface area contributed by atoms with Crippen molar-refractivity contribution >= 4 is 15.7 Å². The van der Waals surface area contributed by atoms with Gasteiger partial charge in [0, 0.05) is 30.5 Å². The summed E-state index contributed by atoms with van der Waals surface area (Å²) in [6.07, 6.45) is 1.66. The lowest BCUT2D eigenvalue weighted by molar-refractivity contribution is 0.581. The highest BCUT2D eigenvalue weighted by atomic mass is 32.2. The van der Waals surface area contributed by atoms with E-state index >= 15 is 0 Å². The molecule has 108 valence electrons. The molecular weight excluding hydrogens is 276 g/mol. The number of rotatable bonds is 4. The molecule has 0 aliphatic heterocycles. The normalized spacial score (nSPS) is 11.8. The van der Waals surface area contributed by atoms with Crippen molar-refractivity contribution in [3.8, 4) is 0 Å². The molecule has 0 saturated carbocycles. The molecule has 0 atom stereocenters. The van der Waals surface area contributed by atoms with E-state index < -0.39 is 10.0 Å². The topological polar surface area (TPSA) is 90.0 Å². The number of aromatic nitrogens is 2. The fourth-order valence-electron chi connectivity index (χ4n) is 1.91. The van der Waals surface area contributed by atoms with E-state index in [1.807, 2.05) is 14.0 Å². The minimum absolute atomic E-state index is 0.177. The molecule has 1 heterocycles. The van der Waals surface area contributed by atoms with Gasteiger partial charge in [0.2, 0.25) is 10.0 Å². The molecule has 2 rings (SSSR count). The molecule has 20 heavy (non-hydrogen) atoms. The summed E-state index contributed by atoms with van der Waals surface area (Å²) in [5.74, 6) is 0. The van der Waals surface area contributed by atoms with Gasteiger partial charge in [0.1, 0.15) is 0 Å². The molecule has 0 saturated heterocycles. The number of anilines is 1. The van der Waals surface area contributed by atoms with Gasteiger partial charge in [0.25, 0.3) is 0 Å². The number of nitrogens with zero attached hydrogens (tertiary/aromatic N) is 2. The van der Waals surface area contributed by atoms with Gasteiger partial charge in [-0.05, 0) is 37.6 Å². The van der Waals surface area contributed by atoms with E-state index in [1.54, 1.807) is 29.9 Å². The Hall–Kier alpha value is -1.86. The maximum absolute atomic E-state index is 12.2. The second-order valence-electron chi connectivity index (χ2n) is 4.78. The van der Waals surface area contributed by atoms with Gasteiger partial charge in [-0.1, -0.05) is 0 Å². The summed E-state index contributed by atoms with van der Waals surface area (Å²) in [5.41, 5.74) is 8.70. The van der Waals surface area contributed by atoms with Crippen molar-refractivity contribution in [2.75, 3.05) is 5.73 Å². The highest BCUT2D eigenvalue weighted by molar-refractivity contribution is 7.89. The molecule has 7 heteroatoms. The van der Waals surface area contributed by atoms with Gasteiger partial charge in [-0.2, -0.15) is 5.10 Å². The Labute approximate surface area is 118 Å². The summed E-state index contributed by atoms with van der Waals surface area (Å²) in [7, 11) is -1.76. The number of hydrogen-bond acceptors (Lipinski definition) is 4. The largest absolute Gasteiger partial charge is 0.399 e. The summed E-state index contributed by atoms with van der Waals surface area (Å²) in [5, 5.41) is 4.08. The molecular formula is C13H18N4O2S. The van der Waals surface area contributed by atoms with E-state index in [0.717, 1.165) is 16.8 Å². The molecule has 0 spiro atoms. The standard InChI is InChI=1S/C13H18N4O2S/c1-9-4-12(14)6-13(5-9)20(18,19)16-8-11-7-15-17(3)10(11)2/h4-7,16H,8,14H2,1-3H3. The van der Waals surface area contributed by atoms with Crippen LogP contribution in [0.1, 0.15) is 16.8 Å². The first-order valence-corrected chi connectivity index (χ1v) is 7.62. The van der Waals surface area contributed by atoms with Crippen molar-refractivity contribution in [2.24, 2.45) is 7.05 Å². The van der Waals surface area contributed by atoms with Gasteiger partial charge in [0.15, 0.2) is 0 Å². The molecule has 3 N–H and O–H groups in total. The predicted octanol–water partition coefficient (Wildman–Crippen LogP) is 1.10. The van der Waals surface area contributed by atoms with Crippen LogP contribution in [0.15, 0.2) is 29.3 Å². The molecule has 0 amide bonds. The number of aryl methyl sites for hydroxylation is 2. The van der Waals surface area contributed by atoms with E-state index in [1.165, 1.54) is 6.07 Å². The van der Waals surface area contributed by atoms with Crippen LogP contribution in [-0.2, 0) is 23.6 Å². The molecule has 0 aliphatic carbocycles. The fraction of sp³-hybridized carbons (Fsp3) is 0.308.